The molecule has 3 nitrogen and oxygen atoms in total. The number of benzene rings is 7. The fourth-order valence-electron chi connectivity index (χ4n) is 7.80. The van der Waals surface area contributed by atoms with Crippen LogP contribution in [0.2, 0.25) is 0 Å². The number of hydrogen-bond donors (Lipinski definition) is 0. The molecule has 11 rings (SSSR count). The van der Waals surface area contributed by atoms with Gasteiger partial charge in [0.1, 0.15) is 6.33 Å². The molecule has 7 aromatic carbocycles. The minimum atomic E-state index is 0.965. The molecule has 0 saturated heterocycles. The fourth-order valence-corrected chi connectivity index (χ4v) is 10.2. The van der Waals surface area contributed by atoms with E-state index in [1.807, 2.05) is 11.3 Å². The Morgan fingerprint density at radius 3 is 1.82 bits per heavy atom. The summed E-state index contributed by atoms with van der Waals surface area (Å²) in [4.78, 5) is 9.74. The molecule has 0 atom stereocenters. The highest BCUT2D eigenvalue weighted by Gasteiger charge is 2.17. The molecule has 0 aliphatic heterocycles. The Hall–Kier alpha value is -6.14. The van der Waals surface area contributed by atoms with Gasteiger partial charge in [-0.15, -0.1) is 22.7 Å². The summed E-state index contributed by atoms with van der Waals surface area (Å²) < 4.78 is 7.34. The lowest BCUT2D eigenvalue weighted by atomic mass is 9.96. The average molecular weight is 686 g/mol. The van der Waals surface area contributed by atoms with Gasteiger partial charge in [0.2, 0.25) is 0 Å². The monoisotopic (exact) mass is 685 g/mol. The third-order valence-electron chi connectivity index (χ3n) is 10.1. The molecule has 0 radical (unpaired) electrons. The number of aromatic nitrogens is 3. The van der Waals surface area contributed by atoms with Gasteiger partial charge >= 0.3 is 0 Å². The van der Waals surface area contributed by atoms with Crippen molar-refractivity contribution in [3.63, 3.8) is 0 Å². The summed E-state index contributed by atoms with van der Waals surface area (Å²) in [7, 11) is 0. The van der Waals surface area contributed by atoms with Crippen LogP contribution in [0.1, 0.15) is 0 Å². The standard InChI is InChI=1S/C46H27N3S2/c1-4-19-39-34(14-1)35-15-2-5-20-40(35)49(39)32-22-23-42-38(26-32)44-46(51-42)43(47-27-48-44)31-13-8-11-29(25-31)28-10-7-12-30(24-28)33-17-9-18-37-36-16-3-6-21-41(36)50-45(33)37/h1-27H. The molecule has 0 aliphatic carbocycles. The number of nitrogens with zero attached hydrogens (tertiary/aromatic N) is 3. The second kappa shape index (κ2) is 11.2. The number of para-hydroxylation sites is 2. The van der Waals surface area contributed by atoms with Crippen molar-refractivity contribution in [2.24, 2.45) is 0 Å². The lowest BCUT2D eigenvalue weighted by Gasteiger charge is -2.09. The first-order valence-corrected chi connectivity index (χ1v) is 18.7. The molecule has 0 N–H and O–H groups in total. The van der Waals surface area contributed by atoms with Gasteiger partial charge in [-0.3, -0.25) is 0 Å². The van der Waals surface area contributed by atoms with Gasteiger partial charge in [-0.25, -0.2) is 9.97 Å². The molecule has 0 spiro atoms. The zero-order valence-electron chi connectivity index (χ0n) is 27.2. The third-order valence-corrected chi connectivity index (χ3v) is 12.5. The van der Waals surface area contributed by atoms with Gasteiger partial charge in [-0.05, 0) is 70.8 Å². The molecule has 238 valence electrons. The Labute approximate surface area is 301 Å². The van der Waals surface area contributed by atoms with E-state index in [4.69, 9.17) is 9.97 Å². The normalized spacial score (nSPS) is 11.9. The lowest BCUT2D eigenvalue weighted by Crippen LogP contribution is -1.93. The quantitative estimate of drug-likeness (QED) is 0.185. The van der Waals surface area contributed by atoms with Gasteiger partial charge in [0.25, 0.3) is 0 Å². The molecule has 0 saturated carbocycles. The van der Waals surface area contributed by atoms with Gasteiger partial charge in [0.05, 0.1) is 26.9 Å². The van der Waals surface area contributed by atoms with Crippen molar-refractivity contribution in [2.45, 2.75) is 0 Å². The molecule has 0 amide bonds. The zero-order valence-corrected chi connectivity index (χ0v) is 28.9. The summed E-state index contributed by atoms with van der Waals surface area (Å²) in [5, 5.41) is 6.31. The van der Waals surface area contributed by atoms with E-state index in [0.717, 1.165) is 32.5 Å². The Morgan fingerprint density at radius 1 is 0.412 bits per heavy atom. The van der Waals surface area contributed by atoms with Crippen LogP contribution >= 0.6 is 22.7 Å². The predicted octanol–water partition coefficient (Wildman–Crippen LogP) is 13.3. The number of fused-ring (bicyclic) bond motifs is 9. The Kier molecular flexibility index (Phi) is 6.29. The molecule has 4 aromatic heterocycles. The molecule has 51 heavy (non-hydrogen) atoms. The molecule has 0 fully saturated rings. The molecule has 4 heterocycles. The number of thiophene rings is 2. The van der Waals surface area contributed by atoms with Crippen molar-refractivity contribution < 1.29 is 0 Å². The van der Waals surface area contributed by atoms with Crippen molar-refractivity contribution in [1.29, 1.82) is 0 Å². The average Bonchev–Trinajstić information content (AvgIpc) is 3.87. The first-order chi connectivity index (χ1) is 25.3. The Bertz CT molecular complexity index is 3110. The second-order valence-corrected chi connectivity index (χ2v) is 15.1. The van der Waals surface area contributed by atoms with Gasteiger partial charge in [-0.2, -0.15) is 0 Å². The van der Waals surface area contributed by atoms with Crippen molar-refractivity contribution >= 4 is 85.0 Å². The fraction of sp³-hybridized carbons (Fsp3) is 0. The Balaban J connectivity index is 1.02. The van der Waals surface area contributed by atoms with Crippen molar-refractivity contribution in [3.05, 3.63) is 164 Å². The molecule has 11 aromatic rings. The molecule has 0 aliphatic rings. The molecule has 5 heteroatoms. The molecular formula is C46H27N3S2. The summed E-state index contributed by atoms with van der Waals surface area (Å²) >= 11 is 3.64. The first kappa shape index (κ1) is 28.7. The summed E-state index contributed by atoms with van der Waals surface area (Å²) in [6.45, 7) is 0. The van der Waals surface area contributed by atoms with Crippen LogP contribution in [0.5, 0.6) is 0 Å². The van der Waals surface area contributed by atoms with Gasteiger partial charge in [0, 0.05) is 52.3 Å². The van der Waals surface area contributed by atoms with Crippen LogP contribution in [0.3, 0.4) is 0 Å². The predicted molar refractivity (Wildman–Crippen MR) is 218 cm³/mol. The highest BCUT2D eigenvalue weighted by Crippen LogP contribution is 2.42. The highest BCUT2D eigenvalue weighted by molar-refractivity contribution is 7.26. The SMILES string of the molecule is c1cc(-c2cccc(-c3ncnc4c3sc3ccc(-n5c6ccccc6c6ccccc65)cc34)c2)cc(-c2cccc3c2sc2ccccc23)c1. The minimum absolute atomic E-state index is 0.965. The van der Waals surface area contributed by atoms with E-state index in [-0.39, 0.29) is 0 Å². The maximum atomic E-state index is 4.88. The largest absolute Gasteiger partial charge is 0.309 e. The van der Waals surface area contributed by atoms with Crippen molar-refractivity contribution in [2.75, 3.05) is 0 Å². The van der Waals surface area contributed by atoms with Crippen LogP contribution in [0, 0.1) is 0 Å². The Morgan fingerprint density at radius 2 is 1.02 bits per heavy atom. The second-order valence-electron chi connectivity index (χ2n) is 13.0. The number of hydrogen-bond acceptors (Lipinski definition) is 4. The molecule has 0 unspecified atom stereocenters. The molecule has 0 bridgehead atoms. The van der Waals surface area contributed by atoms with Crippen LogP contribution in [0.15, 0.2) is 164 Å². The van der Waals surface area contributed by atoms with E-state index in [2.05, 4.69) is 162 Å². The highest BCUT2D eigenvalue weighted by atomic mass is 32.1. The summed E-state index contributed by atoms with van der Waals surface area (Å²) in [6, 6.07) is 57.2. The first-order valence-electron chi connectivity index (χ1n) is 17.1. The van der Waals surface area contributed by atoms with E-state index in [0.29, 0.717) is 0 Å². The van der Waals surface area contributed by atoms with Gasteiger partial charge < -0.3 is 4.57 Å². The number of rotatable bonds is 4. The van der Waals surface area contributed by atoms with Gasteiger partial charge in [0.15, 0.2) is 0 Å². The van der Waals surface area contributed by atoms with E-state index in [9.17, 15) is 0 Å². The minimum Gasteiger partial charge on any atom is -0.309 e. The van der Waals surface area contributed by atoms with Crippen LogP contribution in [0.25, 0.3) is 101 Å². The van der Waals surface area contributed by atoms with Crippen LogP contribution < -0.4 is 0 Å². The summed E-state index contributed by atoms with van der Waals surface area (Å²) in [5.41, 5.74) is 11.4. The van der Waals surface area contributed by atoms with Gasteiger partial charge in [-0.1, -0.05) is 109 Å². The van der Waals surface area contributed by atoms with Crippen LogP contribution in [-0.2, 0) is 0 Å². The maximum absolute atomic E-state index is 4.88. The summed E-state index contributed by atoms with van der Waals surface area (Å²) in [5.74, 6) is 0. The van der Waals surface area contributed by atoms with E-state index in [1.165, 1.54) is 68.9 Å². The smallest absolute Gasteiger partial charge is 0.116 e. The third kappa shape index (κ3) is 4.42. The van der Waals surface area contributed by atoms with E-state index < -0.39 is 0 Å². The van der Waals surface area contributed by atoms with Crippen molar-refractivity contribution in [3.8, 4) is 39.2 Å². The van der Waals surface area contributed by atoms with Crippen LogP contribution in [-0.4, -0.2) is 14.5 Å². The molecular weight excluding hydrogens is 659 g/mol. The topological polar surface area (TPSA) is 30.7 Å². The lowest BCUT2D eigenvalue weighted by molar-refractivity contribution is 1.19. The van der Waals surface area contributed by atoms with E-state index >= 15 is 0 Å². The van der Waals surface area contributed by atoms with E-state index in [1.54, 1.807) is 17.7 Å². The maximum Gasteiger partial charge on any atom is 0.116 e. The zero-order chi connectivity index (χ0) is 33.5. The van der Waals surface area contributed by atoms with Crippen molar-refractivity contribution in [1.82, 2.24) is 14.5 Å². The van der Waals surface area contributed by atoms with Crippen LogP contribution in [0.4, 0.5) is 0 Å². The summed E-state index contributed by atoms with van der Waals surface area (Å²) in [6.07, 6.45) is 1.72.